The van der Waals surface area contributed by atoms with Gasteiger partial charge in [0.1, 0.15) is 9.84 Å². The van der Waals surface area contributed by atoms with Gasteiger partial charge in [0.2, 0.25) is 0 Å². The van der Waals surface area contributed by atoms with E-state index in [4.69, 9.17) is 5.73 Å². The second kappa shape index (κ2) is 6.56. The Morgan fingerprint density at radius 3 is 2.52 bits per heavy atom. The summed E-state index contributed by atoms with van der Waals surface area (Å²) in [5.74, 6) is 0.158. The van der Waals surface area contributed by atoms with Gasteiger partial charge in [-0.05, 0) is 23.4 Å². The van der Waals surface area contributed by atoms with Crippen LogP contribution in [0.15, 0.2) is 42.5 Å². The van der Waals surface area contributed by atoms with E-state index in [1.54, 1.807) is 0 Å². The number of fused-ring (bicyclic) bond motifs is 1. The van der Waals surface area contributed by atoms with Gasteiger partial charge in [-0.1, -0.05) is 42.5 Å². The van der Waals surface area contributed by atoms with Crippen molar-refractivity contribution in [2.75, 3.05) is 32.1 Å². The molecule has 4 nitrogen and oxygen atoms in total. The van der Waals surface area contributed by atoms with Crippen LogP contribution in [0.4, 0.5) is 0 Å². The average molecular weight is 306 g/mol. The highest BCUT2D eigenvalue weighted by Crippen LogP contribution is 2.23. The zero-order chi connectivity index (χ0) is 15.5. The van der Waals surface area contributed by atoms with Crippen molar-refractivity contribution in [3.8, 4) is 0 Å². The van der Waals surface area contributed by atoms with Gasteiger partial charge < -0.3 is 10.6 Å². The first-order valence-electron chi connectivity index (χ1n) is 6.96. The number of nitrogens with two attached hydrogens (primary N) is 1. The predicted octanol–water partition coefficient (Wildman–Crippen LogP) is 1.82. The molecule has 0 aromatic heterocycles. The molecule has 1 unspecified atom stereocenters. The first kappa shape index (κ1) is 15.9. The SMILES string of the molecule is CN(CCS(C)(=O)=O)CC(N)c1cccc2ccccc12. The number of hydrogen-bond donors (Lipinski definition) is 1. The van der Waals surface area contributed by atoms with E-state index in [9.17, 15) is 8.42 Å². The fourth-order valence-corrected chi connectivity index (χ4v) is 3.06. The average Bonchev–Trinajstić information content (AvgIpc) is 2.43. The fourth-order valence-electron chi connectivity index (χ4n) is 2.42. The summed E-state index contributed by atoms with van der Waals surface area (Å²) in [6.07, 6.45) is 1.26. The van der Waals surface area contributed by atoms with Gasteiger partial charge in [-0.15, -0.1) is 0 Å². The lowest BCUT2D eigenvalue weighted by Gasteiger charge is -2.22. The summed E-state index contributed by atoms with van der Waals surface area (Å²) < 4.78 is 22.4. The number of nitrogens with zero attached hydrogens (tertiary/aromatic N) is 1. The van der Waals surface area contributed by atoms with Crippen LogP contribution in [0.2, 0.25) is 0 Å². The lowest BCUT2D eigenvalue weighted by molar-refractivity contribution is 0.330. The number of benzene rings is 2. The quantitative estimate of drug-likeness (QED) is 0.884. The maximum absolute atomic E-state index is 11.2. The van der Waals surface area contributed by atoms with Gasteiger partial charge in [-0.3, -0.25) is 0 Å². The summed E-state index contributed by atoms with van der Waals surface area (Å²) in [6.45, 7) is 1.13. The van der Waals surface area contributed by atoms with Gasteiger partial charge in [0.05, 0.1) is 5.75 Å². The molecule has 0 aliphatic carbocycles. The van der Waals surface area contributed by atoms with E-state index in [1.165, 1.54) is 11.6 Å². The smallest absolute Gasteiger partial charge is 0.148 e. The van der Waals surface area contributed by atoms with Crippen molar-refractivity contribution in [3.05, 3.63) is 48.0 Å². The van der Waals surface area contributed by atoms with Gasteiger partial charge in [0.15, 0.2) is 0 Å². The van der Waals surface area contributed by atoms with Crippen molar-refractivity contribution >= 4 is 20.6 Å². The van der Waals surface area contributed by atoms with Gasteiger partial charge >= 0.3 is 0 Å². The molecule has 0 saturated heterocycles. The van der Waals surface area contributed by atoms with Crippen molar-refractivity contribution in [2.45, 2.75) is 6.04 Å². The van der Waals surface area contributed by atoms with Crippen molar-refractivity contribution in [2.24, 2.45) is 5.73 Å². The zero-order valence-corrected chi connectivity index (χ0v) is 13.3. The second-order valence-corrected chi connectivity index (χ2v) is 7.83. The number of likely N-dealkylation sites (N-methyl/N-ethyl adjacent to an activating group) is 1. The molecule has 114 valence electrons. The Hall–Kier alpha value is -1.43. The Kier molecular flexibility index (Phi) is 4.98. The third-order valence-corrected chi connectivity index (χ3v) is 4.50. The molecule has 21 heavy (non-hydrogen) atoms. The zero-order valence-electron chi connectivity index (χ0n) is 12.5. The molecule has 2 rings (SSSR count). The molecule has 5 heteroatoms. The predicted molar refractivity (Wildman–Crippen MR) is 88.1 cm³/mol. The van der Waals surface area contributed by atoms with Crippen LogP contribution >= 0.6 is 0 Å². The molecule has 0 radical (unpaired) electrons. The number of hydrogen-bond acceptors (Lipinski definition) is 4. The van der Waals surface area contributed by atoms with Gasteiger partial charge in [-0.25, -0.2) is 8.42 Å². The van der Waals surface area contributed by atoms with E-state index in [2.05, 4.69) is 18.2 Å². The molecule has 0 fully saturated rings. The Bertz CT molecular complexity index is 708. The maximum atomic E-state index is 11.2. The van der Waals surface area contributed by atoms with E-state index in [0.29, 0.717) is 13.1 Å². The fraction of sp³-hybridized carbons (Fsp3) is 0.375. The van der Waals surface area contributed by atoms with Crippen molar-refractivity contribution < 1.29 is 8.42 Å². The largest absolute Gasteiger partial charge is 0.323 e. The number of rotatable bonds is 6. The highest BCUT2D eigenvalue weighted by atomic mass is 32.2. The van der Waals surface area contributed by atoms with Gasteiger partial charge in [-0.2, -0.15) is 0 Å². The van der Waals surface area contributed by atoms with Gasteiger partial charge in [0.25, 0.3) is 0 Å². The standard InChI is InChI=1S/C16H22N2O2S/c1-18(10-11-21(2,19)20)12-16(17)15-9-5-7-13-6-3-4-8-14(13)15/h3-9,16H,10-12,17H2,1-2H3. The molecule has 2 aromatic carbocycles. The molecule has 0 saturated carbocycles. The molecular weight excluding hydrogens is 284 g/mol. The summed E-state index contributed by atoms with van der Waals surface area (Å²) in [4.78, 5) is 1.97. The molecule has 0 amide bonds. The molecule has 0 spiro atoms. The molecule has 0 aliphatic rings. The minimum atomic E-state index is -2.94. The first-order valence-corrected chi connectivity index (χ1v) is 9.02. The van der Waals surface area contributed by atoms with E-state index in [0.717, 1.165) is 10.9 Å². The minimum Gasteiger partial charge on any atom is -0.323 e. The summed E-state index contributed by atoms with van der Waals surface area (Å²) >= 11 is 0. The summed E-state index contributed by atoms with van der Waals surface area (Å²) in [6, 6.07) is 14.1. The Morgan fingerprint density at radius 2 is 1.81 bits per heavy atom. The van der Waals surface area contributed by atoms with Crippen LogP contribution in [0.5, 0.6) is 0 Å². The van der Waals surface area contributed by atoms with E-state index < -0.39 is 9.84 Å². The number of sulfone groups is 1. The third-order valence-electron chi connectivity index (χ3n) is 3.58. The molecule has 0 heterocycles. The monoisotopic (exact) mass is 306 g/mol. The molecule has 2 aromatic rings. The summed E-state index contributed by atoms with van der Waals surface area (Å²) in [7, 11) is -1.04. The molecule has 1 atom stereocenters. The molecule has 0 aliphatic heterocycles. The third kappa shape index (κ3) is 4.52. The van der Waals surface area contributed by atoms with Crippen LogP contribution in [-0.4, -0.2) is 45.5 Å². The van der Waals surface area contributed by atoms with E-state index >= 15 is 0 Å². The van der Waals surface area contributed by atoms with Crippen LogP contribution in [0.3, 0.4) is 0 Å². The van der Waals surface area contributed by atoms with Crippen LogP contribution in [0, 0.1) is 0 Å². The summed E-state index contributed by atoms with van der Waals surface area (Å²) in [5.41, 5.74) is 7.41. The van der Waals surface area contributed by atoms with Crippen molar-refractivity contribution in [3.63, 3.8) is 0 Å². The lowest BCUT2D eigenvalue weighted by Crippen LogP contribution is -2.32. The normalized spacial score (nSPS) is 13.7. The lowest BCUT2D eigenvalue weighted by atomic mass is 9.99. The Balaban J connectivity index is 2.10. The van der Waals surface area contributed by atoms with Crippen molar-refractivity contribution in [1.82, 2.24) is 4.90 Å². The molecule has 0 bridgehead atoms. The van der Waals surface area contributed by atoms with Crippen LogP contribution in [-0.2, 0) is 9.84 Å². The minimum absolute atomic E-state index is 0.138. The Morgan fingerprint density at radius 1 is 1.14 bits per heavy atom. The van der Waals surface area contributed by atoms with Crippen LogP contribution in [0.1, 0.15) is 11.6 Å². The Labute approximate surface area is 126 Å². The second-order valence-electron chi connectivity index (χ2n) is 5.57. The van der Waals surface area contributed by atoms with Gasteiger partial charge in [0, 0.05) is 25.4 Å². The topological polar surface area (TPSA) is 63.4 Å². The van der Waals surface area contributed by atoms with E-state index in [-0.39, 0.29) is 11.8 Å². The highest BCUT2D eigenvalue weighted by molar-refractivity contribution is 7.90. The van der Waals surface area contributed by atoms with E-state index in [1.807, 2.05) is 36.2 Å². The summed E-state index contributed by atoms with van der Waals surface area (Å²) in [5, 5.41) is 2.33. The van der Waals surface area contributed by atoms with Crippen LogP contribution < -0.4 is 5.73 Å². The first-order chi connectivity index (χ1) is 9.87. The molecule has 2 N–H and O–H groups in total. The highest BCUT2D eigenvalue weighted by Gasteiger charge is 2.13. The van der Waals surface area contributed by atoms with Crippen molar-refractivity contribution in [1.29, 1.82) is 0 Å². The maximum Gasteiger partial charge on any atom is 0.148 e. The molecular formula is C16H22N2O2S. The van der Waals surface area contributed by atoms with Crippen LogP contribution in [0.25, 0.3) is 10.8 Å².